The Morgan fingerprint density at radius 3 is 3.00 bits per heavy atom. The Hall–Kier alpha value is -0.640. The molecule has 1 aromatic rings. The Morgan fingerprint density at radius 2 is 2.50 bits per heavy atom. The van der Waals surface area contributed by atoms with Crippen LogP contribution >= 0.6 is 11.6 Å². The number of aryl methyl sites for hydroxylation is 1. The number of halogens is 1. The summed E-state index contributed by atoms with van der Waals surface area (Å²) >= 11 is 5.36. The molecule has 1 heterocycles. The highest BCUT2D eigenvalue weighted by Gasteiger charge is 1.82. The predicted molar refractivity (Wildman–Crippen MR) is 27.6 cm³/mol. The minimum absolute atomic E-state index is 0.521. The second-order valence-corrected chi connectivity index (χ2v) is 1.61. The molecule has 0 aliphatic rings. The highest BCUT2D eigenvalue weighted by Crippen LogP contribution is 1.85. The Bertz CT molecular complexity index is 137. The van der Waals surface area contributed by atoms with Crippen molar-refractivity contribution in [2.45, 2.75) is 6.42 Å². The van der Waals surface area contributed by atoms with Crippen molar-refractivity contribution >= 4 is 11.6 Å². The van der Waals surface area contributed by atoms with E-state index < -0.39 is 0 Å². The van der Waals surface area contributed by atoms with Gasteiger partial charge in [-0.25, -0.2) is 0 Å². The topological polar surface area (TPSA) is 52.8 Å². The van der Waals surface area contributed by atoms with Gasteiger partial charge in [0, 0.05) is 11.7 Å². The van der Waals surface area contributed by atoms with E-state index in [2.05, 4.69) is 20.6 Å². The quantitative estimate of drug-likeness (QED) is 0.513. The van der Waals surface area contributed by atoms with E-state index in [0.717, 1.165) is 0 Å². The first-order chi connectivity index (χ1) is 3.93. The Labute approximate surface area is 51.2 Å². The monoisotopic (exact) mass is 131 g/mol. The maximum Gasteiger partial charge on any atom is 0.0268 e. The summed E-state index contributed by atoms with van der Waals surface area (Å²) in [6.07, 6.45) is 0.647. The van der Waals surface area contributed by atoms with Crippen LogP contribution in [0.25, 0.3) is 0 Å². The maximum absolute atomic E-state index is 5.36. The van der Waals surface area contributed by atoms with Crippen LogP contribution in [0, 0.1) is 0 Å². The molecule has 44 valence electrons. The summed E-state index contributed by atoms with van der Waals surface area (Å²) < 4.78 is 0. The van der Waals surface area contributed by atoms with Gasteiger partial charge < -0.3 is 5.10 Å². The van der Waals surface area contributed by atoms with Crippen LogP contribution < -0.4 is 5.10 Å². The van der Waals surface area contributed by atoms with Gasteiger partial charge in [0.1, 0.15) is 0 Å². The van der Waals surface area contributed by atoms with Crippen molar-refractivity contribution in [3.8, 4) is 0 Å². The summed E-state index contributed by atoms with van der Waals surface area (Å²) in [7, 11) is 0. The largest absolute Gasteiger partial charge is 0.335 e. The first kappa shape index (κ1) is 5.50. The second kappa shape index (κ2) is 2.61. The van der Waals surface area contributed by atoms with Crippen LogP contribution in [0.3, 0.4) is 0 Å². The Kier molecular flexibility index (Phi) is 1.80. The number of aromatic nitrogens is 4. The first-order valence-electron chi connectivity index (χ1n) is 2.17. The van der Waals surface area contributed by atoms with Crippen LogP contribution in [0.1, 0.15) is 5.82 Å². The van der Waals surface area contributed by atoms with Gasteiger partial charge in [0.05, 0.1) is 0 Å². The highest BCUT2D eigenvalue weighted by molar-refractivity contribution is 6.17. The fourth-order valence-corrected chi connectivity index (χ4v) is 0.517. The fourth-order valence-electron chi connectivity index (χ4n) is 0.348. The van der Waals surface area contributed by atoms with Gasteiger partial charge in [-0.3, -0.25) is 10.3 Å². The summed E-state index contributed by atoms with van der Waals surface area (Å²) in [5, 5.41) is 13.6. The van der Waals surface area contributed by atoms with Gasteiger partial charge in [0.15, 0.2) is 0 Å². The van der Waals surface area contributed by atoms with E-state index in [1.807, 2.05) is 0 Å². The molecule has 0 spiro atoms. The number of hydrogen-bond acceptors (Lipinski definition) is 3. The van der Waals surface area contributed by atoms with Gasteiger partial charge in [0.2, 0.25) is 0 Å². The van der Waals surface area contributed by atoms with Gasteiger partial charge in [-0.05, 0) is 6.42 Å². The average Bonchev–Trinajstić information content (AvgIpc) is 2.19. The first-order valence-corrected chi connectivity index (χ1v) is 2.70. The third kappa shape index (κ3) is 1.16. The standard InChI is InChI=1S/C3H4ClN4/c4-2-1-3-5-7-8-6-3/h1-2H2/q-1. The predicted octanol–water partition coefficient (Wildman–Crippen LogP) is -0.390. The van der Waals surface area contributed by atoms with Crippen LogP contribution in [0.15, 0.2) is 0 Å². The summed E-state index contributed by atoms with van der Waals surface area (Å²) in [5.41, 5.74) is 0. The van der Waals surface area contributed by atoms with Crippen LogP contribution in [0.4, 0.5) is 0 Å². The molecule has 0 radical (unpaired) electrons. The van der Waals surface area contributed by atoms with E-state index in [4.69, 9.17) is 11.6 Å². The smallest absolute Gasteiger partial charge is 0.0268 e. The zero-order valence-corrected chi connectivity index (χ0v) is 4.84. The number of alkyl halides is 1. The molecule has 0 unspecified atom stereocenters. The number of hydrogen-bond donors (Lipinski definition) is 0. The third-order valence-electron chi connectivity index (χ3n) is 0.678. The van der Waals surface area contributed by atoms with Crippen molar-refractivity contribution in [3.05, 3.63) is 5.82 Å². The zero-order chi connectivity index (χ0) is 5.82. The molecule has 0 aromatic carbocycles. The minimum Gasteiger partial charge on any atom is -0.335 e. The van der Waals surface area contributed by atoms with Crippen LogP contribution in [0.2, 0.25) is 0 Å². The van der Waals surface area contributed by atoms with Crippen molar-refractivity contribution < 1.29 is 0 Å². The summed E-state index contributed by atoms with van der Waals surface area (Å²) in [4.78, 5) is 0. The van der Waals surface area contributed by atoms with E-state index in [9.17, 15) is 0 Å². The lowest BCUT2D eigenvalue weighted by Gasteiger charge is -1.89. The lowest BCUT2D eigenvalue weighted by atomic mass is 10.5. The molecule has 0 atom stereocenters. The molecule has 1 rings (SSSR count). The number of tetrazole rings is 1. The number of nitrogens with zero attached hydrogens (tertiary/aromatic N) is 4. The van der Waals surface area contributed by atoms with Crippen molar-refractivity contribution in [1.29, 1.82) is 0 Å². The zero-order valence-electron chi connectivity index (χ0n) is 4.08. The maximum atomic E-state index is 5.36. The van der Waals surface area contributed by atoms with Crippen molar-refractivity contribution in [1.82, 2.24) is 20.6 Å². The summed E-state index contributed by atoms with van der Waals surface area (Å²) in [6.45, 7) is 0. The van der Waals surface area contributed by atoms with Crippen molar-refractivity contribution in [2.24, 2.45) is 0 Å². The molecule has 0 saturated heterocycles. The molecule has 0 N–H and O–H groups in total. The molecular weight excluding hydrogens is 128 g/mol. The van der Waals surface area contributed by atoms with Gasteiger partial charge in [0.25, 0.3) is 0 Å². The van der Waals surface area contributed by atoms with Crippen LogP contribution in [0.5, 0.6) is 0 Å². The van der Waals surface area contributed by atoms with Gasteiger partial charge in [-0.15, -0.1) is 11.6 Å². The molecule has 0 aliphatic carbocycles. The fraction of sp³-hybridized carbons (Fsp3) is 0.667. The van der Waals surface area contributed by atoms with E-state index >= 15 is 0 Å². The molecule has 8 heavy (non-hydrogen) atoms. The van der Waals surface area contributed by atoms with Crippen LogP contribution in [-0.2, 0) is 6.42 Å². The summed E-state index contributed by atoms with van der Waals surface area (Å²) in [6, 6.07) is 0. The van der Waals surface area contributed by atoms with E-state index in [0.29, 0.717) is 18.1 Å². The molecule has 0 bridgehead atoms. The molecule has 0 saturated carbocycles. The molecule has 0 fully saturated rings. The summed E-state index contributed by atoms with van der Waals surface area (Å²) in [5.74, 6) is 1.13. The van der Waals surface area contributed by atoms with E-state index in [1.54, 1.807) is 0 Å². The third-order valence-corrected chi connectivity index (χ3v) is 0.867. The highest BCUT2D eigenvalue weighted by atomic mass is 35.5. The number of rotatable bonds is 2. The lowest BCUT2D eigenvalue weighted by molar-refractivity contribution is 0.870. The lowest BCUT2D eigenvalue weighted by Crippen LogP contribution is -1.90. The van der Waals surface area contributed by atoms with Crippen LogP contribution in [-0.4, -0.2) is 21.4 Å². The molecule has 4 nitrogen and oxygen atoms in total. The second-order valence-electron chi connectivity index (χ2n) is 1.23. The minimum atomic E-state index is 0.521. The Balaban J connectivity index is 2.50. The molecule has 5 heteroatoms. The van der Waals surface area contributed by atoms with E-state index in [-0.39, 0.29) is 0 Å². The SMILES string of the molecule is ClCCc1nnn[n-]1. The normalized spacial score (nSPS) is 9.62. The molecule has 0 aliphatic heterocycles. The average molecular weight is 132 g/mol. The van der Waals surface area contributed by atoms with Gasteiger partial charge >= 0.3 is 0 Å². The van der Waals surface area contributed by atoms with E-state index in [1.165, 1.54) is 0 Å². The Morgan fingerprint density at radius 1 is 1.62 bits per heavy atom. The molecular formula is C3H4ClN4-. The van der Waals surface area contributed by atoms with Crippen molar-refractivity contribution in [3.63, 3.8) is 0 Å². The molecule has 0 amide bonds. The van der Waals surface area contributed by atoms with Crippen molar-refractivity contribution in [2.75, 3.05) is 5.88 Å². The van der Waals surface area contributed by atoms with Gasteiger partial charge in [-0.2, -0.15) is 5.21 Å². The van der Waals surface area contributed by atoms with Gasteiger partial charge in [-0.1, -0.05) is 0 Å². The molecule has 1 aromatic heterocycles.